The molecule has 3 aromatic rings. The Bertz CT molecular complexity index is 1100. The average Bonchev–Trinajstić information content (AvgIpc) is 2.79. The standard InChI is InChI=1S/C25H23NO4S/c1-17(25(27)28)29-22-7-5-6-20(16-22)19-10-12-21(13-11-19)30-18(2)26-14-15-31-24-9-4-3-8-23(24)26/h3-13,16,18H,1,14-15H2,2H3,(H,27,28). The van der Waals surface area contributed by atoms with Gasteiger partial charge in [-0.05, 0) is 61.0 Å². The number of carboxylic acid groups (broad SMARTS) is 1. The first-order chi connectivity index (χ1) is 15.0. The molecule has 1 aliphatic heterocycles. The molecule has 1 aliphatic rings. The summed E-state index contributed by atoms with van der Waals surface area (Å²) < 4.78 is 11.5. The zero-order valence-electron chi connectivity index (χ0n) is 17.2. The number of rotatable bonds is 7. The van der Waals surface area contributed by atoms with E-state index in [1.807, 2.05) is 48.2 Å². The molecule has 1 atom stereocenters. The van der Waals surface area contributed by atoms with Gasteiger partial charge in [0.2, 0.25) is 5.76 Å². The summed E-state index contributed by atoms with van der Waals surface area (Å²) in [6.45, 7) is 6.41. The molecule has 31 heavy (non-hydrogen) atoms. The normalized spacial score (nSPS) is 13.8. The number of ether oxygens (including phenoxy) is 2. The molecular weight excluding hydrogens is 410 g/mol. The molecule has 158 valence electrons. The summed E-state index contributed by atoms with van der Waals surface area (Å²) in [5, 5.41) is 8.94. The molecular formula is C25H23NO4S. The van der Waals surface area contributed by atoms with E-state index in [1.54, 1.807) is 12.1 Å². The first-order valence-electron chi connectivity index (χ1n) is 9.97. The van der Waals surface area contributed by atoms with Gasteiger partial charge < -0.3 is 19.5 Å². The van der Waals surface area contributed by atoms with Crippen molar-refractivity contribution in [2.24, 2.45) is 0 Å². The number of anilines is 1. The van der Waals surface area contributed by atoms with Crippen molar-refractivity contribution in [3.05, 3.63) is 85.1 Å². The Morgan fingerprint density at radius 1 is 1.03 bits per heavy atom. The third-order valence-corrected chi connectivity index (χ3v) is 6.05. The topological polar surface area (TPSA) is 59.0 Å². The van der Waals surface area contributed by atoms with Crippen LogP contribution in [0, 0.1) is 0 Å². The van der Waals surface area contributed by atoms with Crippen LogP contribution in [0.15, 0.2) is 90.0 Å². The van der Waals surface area contributed by atoms with E-state index in [9.17, 15) is 4.79 Å². The van der Waals surface area contributed by atoms with E-state index in [1.165, 1.54) is 10.6 Å². The van der Waals surface area contributed by atoms with E-state index >= 15 is 0 Å². The minimum absolute atomic E-state index is 0.0911. The van der Waals surface area contributed by atoms with Crippen LogP contribution in [0.3, 0.4) is 0 Å². The number of hydrogen-bond acceptors (Lipinski definition) is 5. The Morgan fingerprint density at radius 2 is 1.81 bits per heavy atom. The SMILES string of the molecule is C=C(Oc1cccc(-c2ccc(OC(C)N3CCSc4ccccc43)cc2)c1)C(=O)O. The summed E-state index contributed by atoms with van der Waals surface area (Å²) in [5.74, 6) is 0.763. The van der Waals surface area contributed by atoms with Crippen molar-refractivity contribution in [2.75, 3.05) is 17.2 Å². The summed E-state index contributed by atoms with van der Waals surface area (Å²) in [6, 6.07) is 23.5. The second kappa shape index (κ2) is 9.18. The molecule has 0 fully saturated rings. The number of benzene rings is 3. The zero-order valence-corrected chi connectivity index (χ0v) is 18.0. The van der Waals surface area contributed by atoms with E-state index in [0.29, 0.717) is 5.75 Å². The van der Waals surface area contributed by atoms with Gasteiger partial charge in [0.05, 0.1) is 5.69 Å². The quantitative estimate of drug-likeness (QED) is 0.383. The molecule has 3 aromatic carbocycles. The third kappa shape index (κ3) is 4.86. The molecule has 5 nitrogen and oxygen atoms in total. The molecule has 1 N–H and O–H groups in total. The molecule has 0 radical (unpaired) electrons. The Kier molecular flexibility index (Phi) is 6.18. The van der Waals surface area contributed by atoms with Crippen LogP contribution in [-0.4, -0.2) is 29.6 Å². The highest BCUT2D eigenvalue weighted by molar-refractivity contribution is 7.99. The molecule has 0 aliphatic carbocycles. The van der Waals surface area contributed by atoms with E-state index in [2.05, 4.69) is 42.7 Å². The van der Waals surface area contributed by atoms with E-state index in [4.69, 9.17) is 14.6 Å². The Morgan fingerprint density at radius 3 is 2.58 bits per heavy atom. The van der Waals surface area contributed by atoms with Gasteiger partial charge in [0.25, 0.3) is 0 Å². The van der Waals surface area contributed by atoms with Crippen LogP contribution in [0.25, 0.3) is 11.1 Å². The van der Waals surface area contributed by atoms with Crippen LogP contribution < -0.4 is 14.4 Å². The summed E-state index contributed by atoms with van der Waals surface area (Å²) in [7, 11) is 0. The predicted octanol–water partition coefficient (Wildman–Crippen LogP) is 5.67. The number of para-hydroxylation sites is 1. The summed E-state index contributed by atoms with van der Waals surface area (Å²) >= 11 is 1.88. The Labute approximate surface area is 185 Å². The van der Waals surface area contributed by atoms with Gasteiger partial charge in [-0.15, -0.1) is 11.8 Å². The summed E-state index contributed by atoms with van der Waals surface area (Å²) in [6.07, 6.45) is -0.0911. The molecule has 6 heteroatoms. The van der Waals surface area contributed by atoms with Gasteiger partial charge in [0, 0.05) is 17.2 Å². The molecule has 1 heterocycles. The number of hydrogen-bond donors (Lipinski definition) is 1. The zero-order chi connectivity index (χ0) is 21.8. The lowest BCUT2D eigenvalue weighted by molar-refractivity contribution is -0.135. The van der Waals surface area contributed by atoms with Crippen LogP contribution in [0.4, 0.5) is 5.69 Å². The molecule has 0 amide bonds. The predicted molar refractivity (Wildman–Crippen MR) is 124 cm³/mol. The highest BCUT2D eigenvalue weighted by Crippen LogP contribution is 2.36. The lowest BCUT2D eigenvalue weighted by Crippen LogP contribution is -2.40. The van der Waals surface area contributed by atoms with Gasteiger partial charge in [0.15, 0.2) is 6.23 Å². The number of nitrogens with zero attached hydrogens (tertiary/aromatic N) is 1. The minimum atomic E-state index is -1.18. The lowest BCUT2D eigenvalue weighted by Gasteiger charge is -2.35. The van der Waals surface area contributed by atoms with Gasteiger partial charge in [-0.25, -0.2) is 4.79 Å². The maximum Gasteiger partial charge on any atom is 0.371 e. The maximum atomic E-state index is 10.9. The van der Waals surface area contributed by atoms with Crippen LogP contribution >= 0.6 is 11.8 Å². The Hall–Kier alpha value is -3.38. The monoisotopic (exact) mass is 433 g/mol. The van der Waals surface area contributed by atoms with Crippen molar-refractivity contribution >= 4 is 23.4 Å². The lowest BCUT2D eigenvalue weighted by atomic mass is 10.1. The van der Waals surface area contributed by atoms with Crippen LogP contribution in [0.1, 0.15) is 6.92 Å². The van der Waals surface area contributed by atoms with Gasteiger partial charge in [0.1, 0.15) is 11.5 Å². The van der Waals surface area contributed by atoms with Crippen molar-refractivity contribution in [3.63, 3.8) is 0 Å². The van der Waals surface area contributed by atoms with Crippen LogP contribution in [0.2, 0.25) is 0 Å². The van der Waals surface area contributed by atoms with Crippen molar-refractivity contribution in [1.82, 2.24) is 0 Å². The average molecular weight is 434 g/mol. The fourth-order valence-electron chi connectivity index (χ4n) is 3.48. The van der Waals surface area contributed by atoms with E-state index in [-0.39, 0.29) is 12.0 Å². The molecule has 4 rings (SSSR count). The fourth-order valence-corrected chi connectivity index (χ4v) is 4.50. The molecule has 0 aromatic heterocycles. The second-order valence-corrected chi connectivity index (χ2v) is 8.25. The van der Waals surface area contributed by atoms with Gasteiger partial charge in [-0.1, -0.05) is 36.4 Å². The van der Waals surface area contributed by atoms with Crippen molar-refractivity contribution in [3.8, 4) is 22.6 Å². The number of carbonyl (C=O) groups is 1. The molecule has 1 unspecified atom stereocenters. The van der Waals surface area contributed by atoms with Gasteiger partial charge in [-0.2, -0.15) is 0 Å². The smallest absolute Gasteiger partial charge is 0.371 e. The van der Waals surface area contributed by atoms with E-state index in [0.717, 1.165) is 29.2 Å². The van der Waals surface area contributed by atoms with Crippen LogP contribution in [-0.2, 0) is 4.79 Å². The van der Waals surface area contributed by atoms with Gasteiger partial charge >= 0.3 is 5.97 Å². The summed E-state index contributed by atoms with van der Waals surface area (Å²) in [5.41, 5.74) is 3.10. The second-order valence-electron chi connectivity index (χ2n) is 7.11. The van der Waals surface area contributed by atoms with Crippen molar-refractivity contribution < 1.29 is 19.4 Å². The first-order valence-corrected chi connectivity index (χ1v) is 11.0. The first kappa shape index (κ1) is 20.9. The molecule has 0 saturated carbocycles. The van der Waals surface area contributed by atoms with Gasteiger partial charge in [-0.3, -0.25) is 0 Å². The largest absolute Gasteiger partial charge is 0.475 e. The highest BCUT2D eigenvalue weighted by Gasteiger charge is 2.22. The Balaban J connectivity index is 1.46. The van der Waals surface area contributed by atoms with Crippen LogP contribution in [0.5, 0.6) is 11.5 Å². The minimum Gasteiger partial charge on any atom is -0.475 e. The number of carboxylic acids is 1. The van der Waals surface area contributed by atoms with Crippen molar-refractivity contribution in [1.29, 1.82) is 0 Å². The number of aliphatic carboxylic acids is 1. The van der Waals surface area contributed by atoms with Crippen molar-refractivity contribution in [2.45, 2.75) is 18.0 Å². The number of thioether (sulfide) groups is 1. The molecule has 0 bridgehead atoms. The highest BCUT2D eigenvalue weighted by atomic mass is 32.2. The van der Waals surface area contributed by atoms with E-state index < -0.39 is 5.97 Å². The third-order valence-electron chi connectivity index (χ3n) is 5.01. The molecule has 0 spiro atoms. The fraction of sp³-hybridized carbons (Fsp3) is 0.160. The maximum absolute atomic E-state index is 10.9. The summed E-state index contributed by atoms with van der Waals surface area (Å²) in [4.78, 5) is 14.5. The number of fused-ring (bicyclic) bond motifs is 1. The molecule has 0 saturated heterocycles.